The van der Waals surface area contributed by atoms with Crippen LogP contribution in [0.25, 0.3) is 0 Å². The fraction of sp³-hybridized carbons (Fsp3) is 0.258. The van der Waals surface area contributed by atoms with Crippen LogP contribution in [0.5, 0.6) is 5.75 Å². The molecule has 2 aliphatic rings. The quantitative estimate of drug-likeness (QED) is 0.0860. The summed E-state index contributed by atoms with van der Waals surface area (Å²) in [5.74, 6) is -3.72. The Morgan fingerprint density at radius 2 is 1.47 bits per heavy atom. The third-order valence-corrected chi connectivity index (χ3v) is 7.98. The van der Waals surface area contributed by atoms with E-state index in [9.17, 15) is 34.1 Å². The van der Waals surface area contributed by atoms with Gasteiger partial charge < -0.3 is 4.74 Å². The van der Waals surface area contributed by atoms with Gasteiger partial charge in [0, 0.05) is 28.3 Å². The third kappa shape index (κ3) is 6.17. The molecule has 1 heterocycles. The van der Waals surface area contributed by atoms with E-state index < -0.39 is 52.8 Å². The number of Topliss-reactive ketones (excluding diaryl/α,β-unsaturated/α-hetero) is 1. The number of ketones is 1. The number of nitro groups is 1. The number of nitrogens with zero attached hydrogens (tertiary/aromatic N) is 3. The molecule has 0 N–H and O–H groups in total. The van der Waals surface area contributed by atoms with Crippen molar-refractivity contribution < 1.29 is 33.6 Å². The standard InChI is InChI=1S/C31H26ClN3O8/c1-18-2-15-25-26(16-18)30(39)34(29(25)38)33(28(37)20-3-9-22(32)10-4-20)17-27(36)19-7-13-24(14-8-19)43-31(40)21-5-11-23(12-6-21)35(41)42/h3-14,18,25-26H,2,15-17H2,1H3/t18-,25-,26+/m1/s1. The average molecular weight is 604 g/mol. The third-order valence-electron chi connectivity index (χ3n) is 7.73. The topological polar surface area (TPSA) is 144 Å². The van der Waals surface area contributed by atoms with Crippen LogP contribution in [0.1, 0.15) is 57.3 Å². The summed E-state index contributed by atoms with van der Waals surface area (Å²) in [6, 6.07) is 16.3. The summed E-state index contributed by atoms with van der Waals surface area (Å²) >= 11 is 5.97. The Morgan fingerprint density at radius 3 is 2.09 bits per heavy atom. The molecule has 1 saturated carbocycles. The number of amides is 3. The SMILES string of the molecule is C[C@@H]1CC[C@H]2C(=O)N(N(CC(=O)c3ccc(OC(=O)c4ccc([N+](=O)[O-])cc4)cc3)C(=O)c3ccc(Cl)cc3)C(=O)[C@H]2C1. The lowest BCUT2D eigenvalue weighted by atomic mass is 9.76. The van der Waals surface area contributed by atoms with E-state index in [2.05, 4.69) is 0 Å². The number of esters is 1. The van der Waals surface area contributed by atoms with Gasteiger partial charge >= 0.3 is 5.97 Å². The van der Waals surface area contributed by atoms with Gasteiger partial charge in [-0.1, -0.05) is 18.5 Å². The summed E-state index contributed by atoms with van der Waals surface area (Å²) in [7, 11) is 0. The van der Waals surface area contributed by atoms with Crippen LogP contribution in [0.15, 0.2) is 72.8 Å². The number of carbonyl (C=O) groups is 5. The molecule has 0 unspecified atom stereocenters. The zero-order valence-electron chi connectivity index (χ0n) is 23.0. The van der Waals surface area contributed by atoms with E-state index in [0.717, 1.165) is 16.4 Å². The molecular weight excluding hydrogens is 578 g/mol. The van der Waals surface area contributed by atoms with Gasteiger partial charge in [0.15, 0.2) is 5.78 Å². The van der Waals surface area contributed by atoms with Crippen molar-refractivity contribution in [2.24, 2.45) is 17.8 Å². The molecule has 43 heavy (non-hydrogen) atoms. The highest BCUT2D eigenvalue weighted by Crippen LogP contribution is 2.41. The van der Waals surface area contributed by atoms with Crippen molar-refractivity contribution in [3.8, 4) is 5.75 Å². The van der Waals surface area contributed by atoms with Crippen molar-refractivity contribution in [3.63, 3.8) is 0 Å². The van der Waals surface area contributed by atoms with Gasteiger partial charge in [0.25, 0.3) is 23.4 Å². The number of rotatable bonds is 8. The van der Waals surface area contributed by atoms with Gasteiger partial charge in [0.05, 0.1) is 22.3 Å². The number of non-ortho nitro benzene ring substituents is 1. The molecule has 0 bridgehead atoms. The lowest BCUT2D eigenvalue weighted by Crippen LogP contribution is -2.52. The van der Waals surface area contributed by atoms with Crippen molar-refractivity contribution in [1.29, 1.82) is 0 Å². The Balaban J connectivity index is 1.35. The summed E-state index contributed by atoms with van der Waals surface area (Å²) < 4.78 is 5.30. The highest BCUT2D eigenvalue weighted by atomic mass is 35.5. The molecule has 12 heteroatoms. The number of nitro benzene ring substituents is 1. The number of imide groups is 1. The van der Waals surface area contributed by atoms with E-state index in [1.54, 1.807) is 0 Å². The van der Waals surface area contributed by atoms with E-state index in [1.165, 1.54) is 72.8 Å². The molecule has 1 saturated heterocycles. The van der Waals surface area contributed by atoms with Crippen molar-refractivity contribution >= 4 is 46.8 Å². The maximum Gasteiger partial charge on any atom is 0.343 e. The molecule has 1 aliphatic heterocycles. The lowest BCUT2D eigenvalue weighted by Gasteiger charge is -2.30. The number of halogens is 1. The Kier molecular flexibility index (Phi) is 8.36. The number of benzene rings is 3. The summed E-state index contributed by atoms with van der Waals surface area (Å²) in [5.41, 5.74) is 0.217. The number of hydrogen-bond donors (Lipinski definition) is 0. The molecule has 0 spiro atoms. The van der Waals surface area contributed by atoms with E-state index in [0.29, 0.717) is 17.9 Å². The molecule has 0 aromatic heterocycles. The number of ether oxygens (including phenoxy) is 1. The zero-order chi connectivity index (χ0) is 30.8. The van der Waals surface area contributed by atoms with Crippen LogP contribution in [0.3, 0.4) is 0 Å². The van der Waals surface area contributed by atoms with Gasteiger partial charge in [-0.05, 0) is 85.8 Å². The molecule has 2 fully saturated rings. The molecular formula is C31H26ClN3O8. The van der Waals surface area contributed by atoms with Crippen LogP contribution >= 0.6 is 11.6 Å². The first kappa shape index (κ1) is 29.6. The van der Waals surface area contributed by atoms with Gasteiger partial charge in [-0.25, -0.2) is 9.80 Å². The molecule has 1 aliphatic carbocycles. The summed E-state index contributed by atoms with van der Waals surface area (Å²) in [6.07, 6.45) is 1.85. The van der Waals surface area contributed by atoms with E-state index in [1.807, 2.05) is 6.92 Å². The van der Waals surface area contributed by atoms with E-state index >= 15 is 0 Å². The summed E-state index contributed by atoms with van der Waals surface area (Å²) in [6.45, 7) is 1.43. The van der Waals surface area contributed by atoms with Crippen molar-refractivity contribution in [1.82, 2.24) is 10.0 Å². The smallest absolute Gasteiger partial charge is 0.343 e. The van der Waals surface area contributed by atoms with Crippen LogP contribution in [0.4, 0.5) is 5.69 Å². The molecule has 0 radical (unpaired) electrons. The van der Waals surface area contributed by atoms with Crippen molar-refractivity contribution in [2.45, 2.75) is 26.2 Å². The second-order valence-corrected chi connectivity index (χ2v) is 11.1. The van der Waals surface area contributed by atoms with Crippen LogP contribution < -0.4 is 4.74 Å². The highest BCUT2D eigenvalue weighted by molar-refractivity contribution is 6.30. The minimum absolute atomic E-state index is 0.0945. The molecule has 3 aromatic carbocycles. The Labute approximate surface area is 251 Å². The van der Waals surface area contributed by atoms with E-state index in [4.69, 9.17) is 16.3 Å². The number of carbonyl (C=O) groups excluding carboxylic acids is 5. The molecule has 3 atom stereocenters. The van der Waals surface area contributed by atoms with E-state index in [-0.39, 0.29) is 34.0 Å². The van der Waals surface area contributed by atoms with Crippen molar-refractivity contribution in [2.75, 3.05) is 6.54 Å². The predicted octanol–water partition coefficient (Wildman–Crippen LogP) is 5.13. The van der Waals surface area contributed by atoms with Gasteiger partial charge in [-0.15, -0.1) is 0 Å². The molecule has 5 rings (SSSR count). The first-order valence-corrected chi connectivity index (χ1v) is 14.0. The minimum Gasteiger partial charge on any atom is -0.423 e. The van der Waals surface area contributed by atoms with Gasteiger partial charge in [0.1, 0.15) is 12.3 Å². The lowest BCUT2D eigenvalue weighted by molar-refractivity contribution is -0.384. The first-order chi connectivity index (χ1) is 20.5. The normalized spacial score (nSPS) is 19.5. The number of hydrazine groups is 1. The molecule has 3 amide bonds. The van der Waals surface area contributed by atoms with Crippen LogP contribution in [-0.4, -0.2) is 51.0 Å². The second kappa shape index (κ2) is 12.1. The highest BCUT2D eigenvalue weighted by Gasteiger charge is 2.52. The Morgan fingerprint density at radius 1 is 0.884 bits per heavy atom. The Bertz CT molecular complexity index is 1610. The van der Waals surface area contributed by atoms with Crippen LogP contribution in [-0.2, 0) is 9.59 Å². The maximum atomic E-state index is 13.6. The first-order valence-electron chi connectivity index (χ1n) is 13.6. The van der Waals surface area contributed by atoms with Crippen LogP contribution in [0, 0.1) is 27.9 Å². The summed E-state index contributed by atoms with van der Waals surface area (Å²) in [4.78, 5) is 76.6. The number of fused-ring (bicyclic) bond motifs is 1. The zero-order valence-corrected chi connectivity index (χ0v) is 23.7. The second-order valence-electron chi connectivity index (χ2n) is 10.6. The van der Waals surface area contributed by atoms with Gasteiger partial charge in [-0.3, -0.25) is 29.3 Å². The monoisotopic (exact) mass is 603 g/mol. The fourth-order valence-electron chi connectivity index (χ4n) is 5.41. The predicted molar refractivity (Wildman–Crippen MR) is 153 cm³/mol. The molecule has 220 valence electrons. The maximum absolute atomic E-state index is 13.6. The minimum atomic E-state index is -0.754. The number of hydrogen-bond acceptors (Lipinski definition) is 8. The van der Waals surface area contributed by atoms with Gasteiger partial charge in [-0.2, -0.15) is 5.01 Å². The molecule has 11 nitrogen and oxygen atoms in total. The van der Waals surface area contributed by atoms with Crippen LogP contribution in [0.2, 0.25) is 5.02 Å². The van der Waals surface area contributed by atoms with Crippen molar-refractivity contribution in [3.05, 3.63) is 105 Å². The Hall–Kier alpha value is -4.90. The fourth-order valence-corrected chi connectivity index (χ4v) is 5.53. The molecule has 3 aromatic rings. The average Bonchev–Trinajstić information content (AvgIpc) is 3.24. The largest absolute Gasteiger partial charge is 0.423 e. The van der Waals surface area contributed by atoms with Gasteiger partial charge in [0.2, 0.25) is 0 Å². The summed E-state index contributed by atoms with van der Waals surface area (Å²) in [5, 5.41) is 13.0.